The zero-order chi connectivity index (χ0) is 11.0. The third-order valence-corrected chi connectivity index (χ3v) is 1.99. The Morgan fingerprint density at radius 3 is 1.93 bits per heavy atom. The van der Waals surface area contributed by atoms with Gasteiger partial charge in [-0.3, -0.25) is 0 Å². The summed E-state index contributed by atoms with van der Waals surface area (Å²) < 4.78 is 14.5. The molecular formula is C10H15O2S2-. The van der Waals surface area contributed by atoms with Crippen molar-refractivity contribution in [3.63, 3.8) is 0 Å². The maximum absolute atomic E-state index is 9.96. The van der Waals surface area contributed by atoms with Gasteiger partial charge in [-0.2, -0.15) is 0 Å². The topological polar surface area (TPSA) is 26.3 Å². The van der Waals surface area contributed by atoms with Crippen molar-refractivity contribution in [3.05, 3.63) is 35.9 Å². The van der Waals surface area contributed by atoms with Crippen LogP contribution >= 0.6 is 0 Å². The summed E-state index contributed by atoms with van der Waals surface area (Å²) in [6, 6.07) is 10.3. The van der Waals surface area contributed by atoms with Crippen LogP contribution in [0, 0.1) is 6.92 Å². The molecule has 0 N–H and O–H groups in total. The maximum atomic E-state index is 9.96. The number of benzene rings is 1. The van der Waals surface area contributed by atoms with E-state index in [-0.39, 0.29) is 6.10 Å². The SMILES string of the molecule is CC(C)O[S-](=O)=S.Cc1ccccc1. The lowest BCUT2D eigenvalue weighted by molar-refractivity contribution is 0.274. The van der Waals surface area contributed by atoms with Gasteiger partial charge in [0, 0.05) is 6.10 Å². The third-order valence-electron chi connectivity index (χ3n) is 1.21. The van der Waals surface area contributed by atoms with Gasteiger partial charge in [0.05, 0.1) is 0 Å². The Bertz CT molecular complexity index is 297. The van der Waals surface area contributed by atoms with Crippen LogP contribution in [0.1, 0.15) is 19.4 Å². The van der Waals surface area contributed by atoms with Crippen LogP contribution in [-0.4, -0.2) is 6.10 Å². The van der Waals surface area contributed by atoms with Gasteiger partial charge in [-0.15, -0.1) is 0 Å². The van der Waals surface area contributed by atoms with E-state index in [1.54, 1.807) is 13.8 Å². The maximum Gasteiger partial charge on any atom is 0.0315 e. The second-order valence-corrected chi connectivity index (χ2v) is 4.42. The Morgan fingerprint density at radius 2 is 1.79 bits per heavy atom. The highest BCUT2D eigenvalue weighted by atomic mass is 32.8. The largest absolute Gasteiger partial charge is 0.441 e. The van der Waals surface area contributed by atoms with Crippen molar-refractivity contribution in [2.45, 2.75) is 26.9 Å². The van der Waals surface area contributed by atoms with Crippen LogP contribution in [0.5, 0.6) is 0 Å². The summed E-state index contributed by atoms with van der Waals surface area (Å²) in [5.41, 5.74) is 1.32. The van der Waals surface area contributed by atoms with E-state index in [1.807, 2.05) is 18.2 Å². The monoisotopic (exact) mass is 231 g/mol. The molecule has 0 bridgehead atoms. The van der Waals surface area contributed by atoms with Gasteiger partial charge in [0.25, 0.3) is 0 Å². The average molecular weight is 231 g/mol. The molecule has 0 saturated carbocycles. The van der Waals surface area contributed by atoms with Crippen molar-refractivity contribution in [2.75, 3.05) is 0 Å². The molecule has 4 heteroatoms. The first kappa shape index (κ1) is 13.5. The van der Waals surface area contributed by atoms with Gasteiger partial charge in [0.2, 0.25) is 0 Å². The zero-order valence-electron chi connectivity index (χ0n) is 8.60. The fourth-order valence-electron chi connectivity index (χ4n) is 0.692. The Hall–Kier alpha value is -0.450. The highest BCUT2D eigenvalue weighted by Gasteiger charge is 1.79. The van der Waals surface area contributed by atoms with Crippen LogP contribution in [0.4, 0.5) is 0 Å². The van der Waals surface area contributed by atoms with Gasteiger partial charge in [0.1, 0.15) is 0 Å². The molecule has 0 aliphatic carbocycles. The summed E-state index contributed by atoms with van der Waals surface area (Å²) in [5, 5.41) is 0. The van der Waals surface area contributed by atoms with Crippen LogP contribution in [0.3, 0.4) is 0 Å². The first-order valence-electron chi connectivity index (χ1n) is 4.30. The summed E-state index contributed by atoms with van der Waals surface area (Å²) in [4.78, 5) is 0. The summed E-state index contributed by atoms with van der Waals surface area (Å²) in [6.45, 7) is 5.65. The predicted molar refractivity (Wildman–Crippen MR) is 62.8 cm³/mol. The van der Waals surface area contributed by atoms with Gasteiger partial charge < -0.3 is 8.39 Å². The molecule has 2 nitrogen and oxygen atoms in total. The minimum Gasteiger partial charge on any atom is -0.441 e. The van der Waals surface area contributed by atoms with Crippen molar-refractivity contribution in [1.29, 1.82) is 0 Å². The van der Waals surface area contributed by atoms with Crippen molar-refractivity contribution < 1.29 is 8.39 Å². The van der Waals surface area contributed by atoms with Crippen molar-refractivity contribution in [3.8, 4) is 0 Å². The highest BCUT2D eigenvalue weighted by Crippen LogP contribution is 1.92. The van der Waals surface area contributed by atoms with Crippen LogP contribution < -0.4 is 0 Å². The van der Waals surface area contributed by atoms with Gasteiger partial charge >= 0.3 is 0 Å². The molecular weight excluding hydrogens is 216 g/mol. The number of rotatable bonds is 2. The quantitative estimate of drug-likeness (QED) is 0.732. The lowest BCUT2D eigenvalue weighted by Gasteiger charge is -2.06. The van der Waals surface area contributed by atoms with Crippen LogP contribution in [0.15, 0.2) is 30.3 Å². The zero-order valence-corrected chi connectivity index (χ0v) is 10.2. The first-order chi connectivity index (χ1) is 6.52. The smallest absolute Gasteiger partial charge is 0.0315 e. The van der Waals surface area contributed by atoms with Crippen molar-refractivity contribution in [2.24, 2.45) is 0 Å². The number of hydrogen-bond acceptors (Lipinski definition) is 4. The van der Waals surface area contributed by atoms with Crippen LogP contribution in [0.25, 0.3) is 0 Å². The van der Waals surface area contributed by atoms with Crippen molar-refractivity contribution >= 4 is 20.8 Å². The molecule has 0 aromatic heterocycles. The molecule has 0 spiro atoms. The standard InChI is InChI=1S/C7H8.C3H7O2S2/c1-7-5-3-2-4-6-7;1-3(2)5-7(4)6/h2-6H,1H3;3H,1-2H3/q;-1. The molecule has 0 amide bonds. The minimum atomic E-state index is -1.51. The predicted octanol–water partition coefficient (Wildman–Crippen LogP) is 2.75. The molecule has 0 heterocycles. The van der Waals surface area contributed by atoms with E-state index in [0.717, 1.165) is 0 Å². The summed E-state index contributed by atoms with van der Waals surface area (Å²) >= 11 is 4.21. The third kappa shape index (κ3) is 9.64. The Labute approximate surface area is 92.2 Å². The molecule has 1 aromatic rings. The van der Waals surface area contributed by atoms with Crippen LogP contribution in [0.2, 0.25) is 0 Å². The molecule has 0 aliphatic rings. The molecule has 0 saturated heterocycles. The molecule has 0 aliphatic heterocycles. The Morgan fingerprint density at radius 1 is 1.29 bits per heavy atom. The van der Waals surface area contributed by atoms with Gasteiger partial charge in [-0.25, -0.2) is 11.2 Å². The number of aryl methyl sites for hydroxylation is 1. The second kappa shape index (κ2) is 7.91. The highest BCUT2D eigenvalue weighted by molar-refractivity contribution is 8.19. The normalized spacial score (nSPS) is 9.79. The molecule has 80 valence electrons. The minimum absolute atomic E-state index is 0.0293. The lowest BCUT2D eigenvalue weighted by atomic mass is 10.2. The summed E-state index contributed by atoms with van der Waals surface area (Å²) in [7, 11) is -1.51. The number of hydrogen-bond donors (Lipinski definition) is 0. The molecule has 1 rings (SSSR count). The van der Waals surface area contributed by atoms with E-state index in [0.29, 0.717) is 0 Å². The molecule has 0 unspecified atom stereocenters. The van der Waals surface area contributed by atoms with E-state index in [9.17, 15) is 4.21 Å². The molecule has 0 atom stereocenters. The first-order valence-corrected chi connectivity index (χ1v) is 6.30. The average Bonchev–Trinajstić information content (AvgIpc) is 2.03. The van der Waals surface area contributed by atoms with Gasteiger partial charge in [0.15, 0.2) is 0 Å². The van der Waals surface area contributed by atoms with Crippen LogP contribution in [-0.2, 0) is 29.2 Å². The Balaban J connectivity index is 0.000000241. The van der Waals surface area contributed by atoms with E-state index >= 15 is 0 Å². The van der Waals surface area contributed by atoms with E-state index in [1.165, 1.54) is 5.56 Å². The molecule has 0 radical (unpaired) electrons. The van der Waals surface area contributed by atoms with E-state index < -0.39 is 9.64 Å². The molecule has 1 aromatic carbocycles. The second-order valence-electron chi connectivity index (χ2n) is 3.00. The Kier molecular flexibility index (Phi) is 7.65. The summed E-state index contributed by atoms with van der Waals surface area (Å²) in [5.74, 6) is 0. The molecule has 0 fully saturated rings. The lowest BCUT2D eigenvalue weighted by Crippen LogP contribution is -1.97. The molecule has 14 heavy (non-hydrogen) atoms. The summed E-state index contributed by atoms with van der Waals surface area (Å²) in [6.07, 6.45) is -0.0293. The van der Waals surface area contributed by atoms with Gasteiger partial charge in [-0.05, 0) is 20.8 Å². The fourth-order valence-corrected chi connectivity index (χ4v) is 1.48. The van der Waals surface area contributed by atoms with E-state index in [4.69, 9.17) is 0 Å². The van der Waals surface area contributed by atoms with Crippen molar-refractivity contribution in [1.82, 2.24) is 0 Å². The van der Waals surface area contributed by atoms with Gasteiger partial charge in [-0.1, -0.05) is 45.5 Å². The fraction of sp³-hybridized carbons (Fsp3) is 0.400. The van der Waals surface area contributed by atoms with E-state index in [2.05, 4.69) is 34.4 Å².